The lowest BCUT2D eigenvalue weighted by molar-refractivity contribution is 0.0342. The van der Waals surface area contributed by atoms with E-state index in [1.54, 1.807) is 30.5 Å². The van der Waals surface area contributed by atoms with Crippen molar-refractivity contribution in [2.24, 2.45) is 0 Å². The molecule has 6 aromatic rings. The predicted molar refractivity (Wildman–Crippen MR) is 184 cm³/mol. The maximum absolute atomic E-state index is 13.6. The summed E-state index contributed by atoms with van der Waals surface area (Å²) < 4.78 is 32.8. The number of fused-ring (bicyclic) bond motifs is 3. The second kappa shape index (κ2) is 14.0. The molecule has 1 aliphatic heterocycles. The molecule has 1 aromatic heterocycles. The van der Waals surface area contributed by atoms with E-state index in [4.69, 9.17) is 4.74 Å². The van der Waals surface area contributed by atoms with Gasteiger partial charge >= 0.3 is 0 Å². The van der Waals surface area contributed by atoms with Crippen LogP contribution in [-0.4, -0.2) is 47.6 Å². The van der Waals surface area contributed by atoms with Crippen LogP contribution in [0.2, 0.25) is 0 Å². The quantitative estimate of drug-likeness (QED) is 0.158. The molecule has 47 heavy (non-hydrogen) atoms. The summed E-state index contributed by atoms with van der Waals surface area (Å²) in [5, 5.41) is 3.56. The Morgan fingerprint density at radius 2 is 1.32 bits per heavy atom. The van der Waals surface area contributed by atoms with Gasteiger partial charge in [0.05, 0.1) is 18.6 Å². The van der Waals surface area contributed by atoms with Crippen LogP contribution in [0.5, 0.6) is 0 Å². The van der Waals surface area contributed by atoms with Gasteiger partial charge in [-0.25, -0.2) is 8.78 Å². The fourth-order valence-corrected chi connectivity index (χ4v) is 6.58. The molecule has 0 bridgehead atoms. The highest BCUT2D eigenvalue weighted by atomic mass is 19.1. The van der Waals surface area contributed by atoms with Crippen molar-refractivity contribution in [3.05, 3.63) is 154 Å². The van der Waals surface area contributed by atoms with E-state index in [0.717, 1.165) is 83.2 Å². The zero-order valence-corrected chi connectivity index (χ0v) is 26.2. The molecular weight excluding hydrogens is 592 g/mol. The SMILES string of the molecule is O=c1[nH]ccc2cc(CCN(Cc3ccc(F)cc3)Cc3ccc(F)cc3)c3ccc(-c4ccc(CN5CCOCC5)cc4)cc3c12. The Kier molecular flexibility index (Phi) is 9.20. The van der Waals surface area contributed by atoms with Gasteiger partial charge < -0.3 is 9.72 Å². The number of aromatic amines is 1. The van der Waals surface area contributed by atoms with Crippen molar-refractivity contribution in [1.29, 1.82) is 0 Å². The Labute approximate surface area is 273 Å². The van der Waals surface area contributed by atoms with E-state index in [2.05, 4.69) is 63.3 Å². The maximum Gasteiger partial charge on any atom is 0.256 e. The average molecular weight is 630 g/mol. The largest absolute Gasteiger partial charge is 0.379 e. The van der Waals surface area contributed by atoms with Crippen molar-refractivity contribution >= 4 is 21.5 Å². The smallest absolute Gasteiger partial charge is 0.256 e. The number of benzene rings is 5. The van der Waals surface area contributed by atoms with Crippen molar-refractivity contribution in [3.63, 3.8) is 0 Å². The molecule has 1 saturated heterocycles. The number of pyridine rings is 1. The lowest BCUT2D eigenvalue weighted by Crippen LogP contribution is -2.35. The van der Waals surface area contributed by atoms with Gasteiger partial charge in [-0.2, -0.15) is 0 Å². The normalized spacial score (nSPS) is 13.9. The van der Waals surface area contributed by atoms with Crippen molar-refractivity contribution in [2.75, 3.05) is 32.8 Å². The second-order valence-corrected chi connectivity index (χ2v) is 12.4. The molecule has 0 aliphatic carbocycles. The van der Waals surface area contributed by atoms with E-state index < -0.39 is 0 Å². The molecule has 0 saturated carbocycles. The van der Waals surface area contributed by atoms with E-state index in [1.807, 2.05) is 6.07 Å². The Hall–Kier alpha value is -4.69. The van der Waals surface area contributed by atoms with E-state index >= 15 is 0 Å². The first-order valence-electron chi connectivity index (χ1n) is 16.2. The van der Waals surface area contributed by atoms with Crippen LogP contribution < -0.4 is 5.56 Å². The van der Waals surface area contributed by atoms with Gasteiger partial charge in [0, 0.05) is 45.5 Å². The topological polar surface area (TPSA) is 48.6 Å². The molecule has 0 atom stereocenters. The molecule has 0 radical (unpaired) electrons. The van der Waals surface area contributed by atoms with Crippen LogP contribution in [0.25, 0.3) is 32.7 Å². The molecule has 7 heteroatoms. The first kappa shape index (κ1) is 30.9. The summed E-state index contributed by atoms with van der Waals surface area (Å²) in [5.74, 6) is -0.528. The first-order valence-corrected chi connectivity index (χ1v) is 16.2. The number of morpholine rings is 1. The monoisotopic (exact) mass is 629 g/mol. The molecule has 0 unspecified atom stereocenters. The standard InChI is InChI=1S/C40H37F2N3O2/c41-35-10-3-29(4-11-35)26-45(27-30-5-12-36(42)13-6-30)18-16-33-23-34-15-17-43-40(46)39(34)38-24-32(9-14-37(33)38)31-7-1-28(2-8-31)25-44-19-21-47-22-20-44/h1-15,17,23-24H,16,18-22,25-27H2,(H,43,46). The molecular formula is C40H37F2N3O2. The average Bonchev–Trinajstić information content (AvgIpc) is 3.09. The third-order valence-corrected chi connectivity index (χ3v) is 9.09. The van der Waals surface area contributed by atoms with E-state index in [1.165, 1.54) is 29.8 Å². The third-order valence-electron chi connectivity index (χ3n) is 9.09. The molecule has 238 valence electrons. The molecule has 7 rings (SSSR count). The van der Waals surface area contributed by atoms with Gasteiger partial charge in [-0.05, 0) is 92.4 Å². The molecule has 1 fully saturated rings. The minimum absolute atomic E-state index is 0.105. The molecule has 5 aromatic carbocycles. The number of rotatable bonds is 10. The van der Waals surface area contributed by atoms with Crippen LogP contribution >= 0.6 is 0 Å². The fourth-order valence-electron chi connectivity index (χ4n) is 6.58. The Morgan fingerprint density at radius 1 is 0.702 bits per heavy atom. The summed E-state index contributed by atoms with van der Waals surface area (Å²) in [5.41, 5.74) is 6.49. The zero-order chi connectivity index (χ0) is 32.2. The number of ether oxygens (including phenoxy) is 1. The third kappa shape index (κ3) is 7.33. The van der Waals surface area contributed by atoms with E-state index in [9.17, 15) is 13.6 Å². The van der Waals surface area contributed by atoms with Gasteiger partial charge in [-0.1, -0.05) is 66.7 Å². The minimum Gasteiger partial charge on any atom is -0.379 e. The predicted octanol–water partition coefficient (Wildman–Crippen LogP) is 7.70. The van der Waals surface area contributed by atoms with E-state index in [-0.39, 0.29) is 17.2 Å². The highest BCUT2D eigenvalue weighted by Crippen LogP contribution is 2.32. The molecule has 5 nitrogen and oxygen atoms in total. The second-order valence-electron chi connectivity index (χ2n) is 12.4. The van der Waals surface area contributed by atoms with Gasteiger partial charge in [-0.15, -0.1) is 0 Å². The van der Waals surface area contributed by atoms with Gasteiger partial charge in [-0.3, -0.25) is 14.6 Å². The van der Waals surface area contributed by atoms with Crippen molar-refractivity contribution in [3.8, 4) is 11.1 Å². The Bertz CT molecular complexity index is 1990. The number of halogens is 2. The van der Waals surface area contributed by atoms with Crippen LogP contribution in [-0.2, 0) is 30.8 Å². The summed E-state index contributed by atoms with van der Waals surface area (Å²) in [4.78, 5) is 20.8. The number of hydrogen-bond donors (Lipinski definition) is 1. The molecule has 1 N–H and O–H groups in total. The van der Waals surface area contributed by atoms with Gasteiger partial charge in [0.15, 0.2) is 0 Å². The highest BCUT2D eigenvalue weighted by Gasteiger charge is 2.15. The summed E-state index contributed by atoms with van der Waals surface area (Å²) in [6.45, 7) is 6.33. The van der Waals surface area contributed by atoms with Crippen LogP contribution in [0.4, 0.5) is 8.78 Å². The number of nitrogens with one attached hydrogen (secondary N) is 1. The number of aromatic nitrogens is 1. The summed E-state index contributed by atoms with van der Waals surface area (Å²) >= 11 is 0. The van der Waals surface area contributed by atoms with E-state index in [0.29, 0.717) is 25.0 Å². The zero-order valence-electron chi connectivity index (χ0n) is 26.2. The summed E-state index contributed by atoms with van der Waals surface area (Å²) in [7, 11) is 0. The molecule has 0 amide bonds. The number of nitrogens with zero attached hydrogens (tertiary/aromatic N) is 2. The van der Waals surface area contributed by atoms with Crippen molar-refractivity contribution in [2.45, 2.75) is 26.1 Å². The van der Waals surface area contributed by atoms with Crippen LogP contribution in [0.1, 0.15) is 22.3 Å². The maximum atomic E-state index is 13.6. The lowest BCUT2D eigenvalue weighted by atomic mass is 9.93. The Balaban J connectivity index is 1.19. The van der Waals surface area contributed by atoms with Crippen molar-refractivity contribution < 1.29 is 13.5 Å². The van der Waals surface area contributed by atoms with Gasteiger partial charge in [0.2, 0.25) is 0 Å². The van der Waals surface area contributed by atoms with Crippen LogP contribution in [0.3, 0.4) is 0 Å². The Morgan fingerprint density at radius 3 is 1.98 bits per heavy atom. The molecule has 2 heterocycles. The summed E-state index contributed by atoms with van der Waals surface area (Å²) in [6, 6.07) is 32.4. The highest BCUT2D eigenvalue weighted by molar-refractivity contribution is 6.09. The van der Waals surface area contributed by atoms with Crippen molar-refractivity contribution in [1.82, 2.24) is 14.8 Å². The number of hydrogen-bond acceptors (Lipinski definition) is 4. The molecule has 1 aliphatic rings. The first-order chi connectivity index (χ1) is 23.0. The van der Waals surface area contributed by atoms with Gasteiger partial charge in [0.1, 0.15) is 11.6 Å². The minimum atomic E-state index is -0.264. The number of H-pyrrole nitrogens is 1. The molecule has 0 spiro atoms. The van der Waals surface area contributed by atoms with Crippen LogP contribution in [0, 0.1) is 11.6 Å². The fraction of sp³-hybridized carbons (Fsp3) is 0.225. The van der Waals surface area contributed by atoms with Crippen LogP contribution in [0.15, 0.2) is 114 Å². The summed E-state index contributed by atoms with van der Waals surface area (Å²) in [6.07, 6.45) is 2.43. The van der Waals surface area contributed by atoms with Gasteiger partial charge in [0.25, 0.3) is 5.56 Å². The lowest BCUT2D eigenvalue weighted by Gasteiger charge is -2.26.